The minimum absolute atomic E-state index is 0.870. The van der Waals surface area contributed by atoms with Gasteiger partial charge in [-0.2, -0.15) is 0 Å². The maximum atomic E-state index is 6.82. The van der Waals surface area contributed by atoms with E-state index >= 15 is 0 Å². The van der Waals surface area contributed by atoms with Crippen LogP contribution in [0.25, 0.3) is 0 Å². The van der Waals surface area contributed by atoms with Gasteiger partial charge in [0.15, 0.2) is 0 Å². The van der Waals surface area contributed by atoms with Gasteiger partial charge < -0.3 is 0 Å². The number of rotatable bonds is 10. The van der Waals surface area contributed by atoms with E-state index in [-0.39, 0.29) is 0 Å². The zero-order chi connectivity index (χ0) is 12.6. The number of allylic oxidation sites excluding steroid dienone is 7. The van der Waals surface area contributed by atoms with Gasteiger partial charge in [0, 0.05) is 0 Å². The molecule has 0 rings (SSSR count). The summed E-state index contributed by atoms with van der Waals surface area (Å²) in [7, 11) is 0. The van der Waals surface area contributed by atoms with E-state index in [1.807, 2.05) is 6.08 Å². The molecule has 16 heavy (non-hydrogen) atoms. The lowest BCUT2D eigenvalue weighted by Gasteiger charge is -1.90. The zero-order valence-electron chi connectivity index (χ0n) is 11.6. The summed E-state index contributed by atoms with van der Waals surface area (Å²) < 4.78 is 6.82. The molecule has 0 aromatic rings. The summed E-state index contributed by atoms with van der Waals surface area (Å²) in [6.07, 6.45) is 23.1. The maximum absolute atomic E-state index is 6.82. The average Bonchev–Trinajstić information content (AvgIpc) is 2.35. The fourth-order valence-electron chi connectivity index (χ4n) is 1.35. The maximum Gasteiger partial charge on any atom is 0.0535 e. The second-order valence-corrected chi connectivity index (χ2v) is 3.85. The summed E-state index contributed by atoms with van der Waals surface area (Å²) in [6, 6.07) is 0. The number of hydrogen-bond acceptors (Lipinski definition) is 0. The highest BCUT2D eigenvalue weighted by Gasteiger charge is 1.80. The Labute approximate surface area is 103 Å². The second-order valence-electron chi connectivity index (χ2n) is 3.85. The Kier molecular flexibility index (Phi) is 11.4. The molecule has 0 radical (unpaired) electrons. The van der Waals surface area contributed by atoms with Crippen LogP contribution in [0, 0.1) is 0 Å². The smallest absolute Gasteiger partial charge is 0.0535 e. The van der Waals surface area contributed by atoms with Crippen molar-refractivity contribution in [3.8, 4) is 0 Å². The molecule has 0 atom stereocenters. The third-order valence-electron chi connectivity index (χ3n) is 2.29. The van der Waals surface area contributed by atoms with Crippen molar-refractivity contribution < 1.29 is 1.37 Å². The van der Waals surface area contributed by atoms with E-state index < -0.39 is 0 Å². The minimum Gasteiger partial charge on any atom is -0.103 e. The molecule has 0 fully saturated rings. The molecule has 0 saturated heterocycles. The molecule has 0 nitrogen and oxygen atoms in total. The lowest BCUT2D eigenvalue weighted by molar-refractivity contribution is 0.728. The van der Waals surface area contributed by atoms with E-state index in [0.717, 1.165) is 19.3 Å². The Balaban J connectivity index is 3.32. The van der Waals surface area contributed by atoms with Crippen molar-refractivity contribution in [2.24, 2.45) is 0 Å². The molecule has 0 unspecified atom stereocenters. The molecule has 0 heteroatoms. The summed E-state index contributed by atoms with van der Waals surface area (Å²) in [5.41, 5.74) is 0. The normalized spacial score (nSPS) is 13.7. The van der Waals surface area contributed by atoms with Crippen LogP contribution in [0.15, 0.2) is 49.1 Å². The van der Waals surface area contributed by atoms with Crippen LogP contribution >= 0.6 is 0 Å². The van der Waals surface area contributed by atoms with E-state index in [2.05, 4.69) is 43.4 Å². The third kappa shape index (κ3) is 13.0. The molecule has 0 aromatic carbocycles. The topological polar surface area (TPSA) is 0 Å². The van der Waals surface area contributed by atoms with Crippen LogP contribution < -0.4 is 0 Å². The van der Waals surface area contributed by atoms with Crippen molar-refractivity contribution >= 4 is 0 Å². The first-order valence-electron chi connectivity index (χ1n) is 6.98. The first-order valence-corrected chi connectivity index (χ1v) is 6.40. The van der Waals surface area contributed by atoms with Crippen LogP contribution in [0.5, 0.6) is 0 Å². The molecule has 90 valence electrons. The summed E-state index contributed by atoms with van der Waals surface area (Å²) in [5, 5.41) is 0. The Bertz CT molecular complexity index is 246. The highest BCUT2D eigenvalue weighted by molar-refractivity contribution is 4.98. The summed E-state index contributed by atoms with van der Waals surface area (Å²) in [5.74, 6) is 0. The largest absolute Gasteiger partial charge is 0.103 e. The van der Waals surface area contributed by atoms with E-state index in [0.29, 0.717) is 0 Å². The Hall–Kier alpha value is -1.04. The van der Waals surface area contributed by atoms with Crippen molar-refractivity contribution in [3.63, 3.8) is 0 Å². The lowest BCUT2D eigenvalue weighted by Crippen LogP contribution is -1.70. The summed E-state index contributed by atoms with van der Waals surface area (Å²) >= 11 is 0. The molecule has 0 saturated carbocycles. The highest BCUT2D eigenvalue weighted by atomic mass is 13.9. The van der Waals surface area contributed by atoms with Crippen molar-refractivity contribution in [1.82, 2.24) is 0 Å². The van der Waals surface area contributed by atoms with E-state index in [4.69, 9.17) is 1.37 Å². The van der Waals surface area contributed by atoms with Gasteiger partial charge in [0.25, 0.3) is 0 Å². The Morgan fingerprint density at radius 3 is 2.12 bits per heavy atom. The van der Waals surface area contributed by atoms with Crippen molar-refractivity contribution in [3.05, 3.63) is 49.1 Å². The quantitative estimate of drug-likeness (QED) is 0.332. The summed E-state index contributed by atoms with van der Waals surface area (Å²) in [4.78, 5) is 0. The highest BCUT2D eigenvalue weighted by Crippen LogP contribution is 2.00. The van der Waals surface area contributed by atoms with Crippen LogP contribution in [-0.4, -0.2) is 0 Å². The van der Waals surface area contributed by atoms with Crippen molar-refractivity contribution in [1.29, 1.82) is 0 Å². The predicted octanol–water partition coefficient (Wildman–Crippen LogP) is 5.59. The molecular weight excluding hydrogens is 192 g/mol. The zero-order valence-corrected chi connectivity index (χ0v) is 10.6. The average molecular weight is 219 g/mol. The van der Waals surface area contributed by atoms with Crippen molar-refractivity contribution in [2.75, 3.05) is 0 Å². The molecule has 0 amide bonds. The van der Waals surface area contributed by atoms with Gasteiger partial charge in [0.2, 0.25) is 0 Å². The summed E-state index contributed by atoms with van der Waals surface area (Å²) in [6.45, 7) is 3.57. The SMILES string of the molecule is [2H]/C=C/CC=CCC=CCC=CCCCCC. The van der Waals surface area contributed by atoms with Gasteiger partial charge >= 0.3 is 0 Å². The number of unbranched alkanes of at least 4 members (excludes halogenated alkanes) is 3. The Morgan fingerprint density at radius 1 is 0.875 bits per heavy atom. The van der Waals surface area contributed by atoms with Crippen LogP contribution in [0.1, 0.15) is 53.2 Å². The van der Waals surface area contributed by atoms with Crippen molar-refractivity contribution in [2.45, 2.75) is 51.9 Å². The Morgan fingerprint density at radius 2 is 1.50 bits per heavy atom. The van der Waals surface area contributed by atoms with Gasteiger partial charge in [0.05, 0.1) is 1.37 Å². The molecule has 0 aliphatic carbocycles. The number of hydrogen-bond donors (Lipinski definition) is 0. The monoisotopic (exact) mass is 219 g/mol. The third-order valence-corrected chi connectivity index (χ3v) is 2.29. The van der Waals surface area contributed by atoms with Crippen LogP contribution in [0.4, 0.5) is 0 Å². The van der Waals surface area contributed by atoms with Crippen LogP contribution in [0.2, 0.25) is 0 Å². The molecule has 0 aromatic heterocycles. The fraction of sp³-hybridized carbons (Fsp3) is 0.500. The van der Waals surface area contributed by atoms with E-state index in [1.165, 1.54) is 32.2 Å². The van der Waals surface area contributed by atoms with Gasteiger partial charge in [-0.1, -0.05) is 62.3 Å². The first kappa shape index (κ1) is 13.0. The van der Waals surface area contributed by atoms with Gasteiger partial charge in [-0.15, -0.1) is 6.55 Å². The van der Waals surface area contributed by atoms with Gasteiger partial charge in [-0.05, 0) is 32.1 Å². The van der Waals surface area contributed by atoms with Gasteiger partial charge in [-0.25, -0.2) is 0 Å². The minimum atomic E-state index is 0.870. The molecule has 0 spiro atoms. The van der Waals surface area contributed by atoms with Gasteiger partial charge in [0.1, 0.15) is 0 Å². The van der Waals surface area contributed by atoms with E-state index in [1.54, 1.807) is 0 Å². The lowest BCUT2D eigenvalue weighted by atomic mass is 10.2. The second kappa shape index (κ2) is 14.0. The van der Waals surface area contributed by atoms with Gasteiger partial charge in [-0.3, -0.25) is 0 Å². The standard InChI is InChI=1S/C16H26/c1-3-5-7-9-11-13-15-16-14-12-10-8-6-4-2/h3,7,9,12-15H,1,4-6,8,10-11,16H2,2H3/i1D/b3-1+,9-7?,14-12?,15-13?. The first-order chi connectivity index (χ1) is 8.41. The fourth-order valence-corrected chi connectivity index (χ4v) is 1.35. The molecule has 0 aliphatic rings. The van der Waals surface area contributed by atoms with Crippen LogP contribution in [-0.2, 0) is 0 Å². The molecule has 0 N–H and O–H groups in total. The molecule has 0 aliphatic heterocycles. The molecule has 0 bridgehead atoms. The van der Waals surface area contributed by atoms with E-state index in [9.17, 15) is 0 Å². The predicted molar refractivity (Wildman–Crippen MR) is 75.6 cm³/mol. The molecular formula is C16H26. The van der Waals surface area contributed by atoms with Crippen LogP contribution in [0.3, 0.4) is 0 Å². The molecule has 0 heterocycles.